The molecule has 9 heteroatoms. The van der Waals surface area contributed by atoms with Gasteiger partial charge in [-0.2, -0.15) is 15.0 Å². The molecule has 0 aliphatic heterocycles. The van der Waals surface area contributed by atoms with Crippen LogP contribution in [0.25, 0.3) is 0 Å². The lowest BCUT2D eigenvalue weighted by atomic mass is 10.3. The fourth-order valence-corrected chi connectivity index (χ4v) is 2.36. The summed E-state index contributed by atoms with van der Waals surface area (Å²) in [7, 11) is 3.61. The van der Waals surface area contributed by atoms with Gasteiger partial charge < -0.3 is 16.0 Å². The number of aromatic nitrogens is 3. The van der Waals surface area contributed by atoms with Crippen LogP contribution in [-0.4, -0.2) is 40.7 Å². The van der Waals surface area contributed by atoms with E-state index in [0.29, 0.717) is 23.2 Å². The summed E-state index contributed by atoms with van der Waals surface area (Å²) in [5.74, 6) is 1.11. The van der Waals surface area contributed by atoms with Crippen molar-refractivity contribution in [1.82, 2.24) is 15.0 Å². The van der Waals surface area contributed by atoms with Crippen molar-refractivity contribution in [1.29, 1.82) is 0 Å². The van der Waals surface area contributed by atoms with Gasteiger partial charge in [0, 0.05) is 19.8 Å². The van der Waals surface area contributed by atoms with E-state index in [4.69, 9.17) is 5.73 Å². The van der Waals surface area contributed by atoms with Gasteiger partial charge >= 0.3 is 0 Å². The second-order valence-corrected chi connectivity index (χ2v) is 5.84. The van der Waals surface area contributed by atoms with Gasteiger partial charge in [-0.15, -0.1) is 11.8 Å². The molecular weight excluding hydrogens is 319 g/mol. The number of anilines is 3. The lowest BCUT2D eigenvalue weighted by molar-refractivity contribution is -0.113. The van der Waals surface area contributed by atoms with E-state index >= 15 is 0 Å². The third kappa shape index (κ3) is 5.37. The molecule has 0 saturated carbocycles. The van der Waals surface area contributed by atoms with Crippen LogP contribution in [0.1, 0.15) is 5.82 Å². The minimum Gasteiger partial charge on any atom is -0.368 e. The van der Waals surface area contributed by atoms with Crippen molar-refractivity contribution < 1.29 is 9.18 Å². The molecule has 2 aromatic rings. The molecule has 0 bridgehead atoms. The number of rotatable bonds is 6. The van der Waals surface area contributed by atoms with Crippen LogP contribution in [0.4, 0.5) is 22.0 Å². The van der Waals surface area contributed by atoms with Crippen LogP contribution in [0.2, 0.25) is 0 Å². The zero-order valence-electron chi connectivity index (χ0n) is 12.8. The van der Waals surface area contributed by atoms with Crippen LogP contribution >= 0.6 is 11.8 Å². The fourth-order valence-electron chi connectivity index (χ4n) is 1.69. The predicted molar refractivity (Wildman–Crippen MR) is 89.8 cm³/mol. The first-order valence-corrected chi connectivity index (χ1v) is 7.90. The highest BCUT2D eigenvalue weighted by molar-refractivity contribution is 7.99. The molecule has 23 heavy (non-hydrogen) atoms. The minimum atomic E-state index is -0.396. The highest BCUT2D eigenvalue weighted by Gasteiger charge is 2.08. The normalized spacial score (nSPS) is 10.4. The third-order valence-electron chi connectivity index (χ3n) is 2.66. The van der Waals surface area contributed by atoms with Crippen LogP contribution in [0.3, 0.4) is 0 Å². The van der Waals surface area contributed by atoms with Crippen molar-refractivity contribution in [2.75, 3.05) is 35.8 Å². The van der Waals surface area contributed by atoms with E-state index in [2.05, 4.69) is 20.3 Å². The molecule has 1 amide bonds. The molecule has 1 aromatic heterocycles. The smallest absolute Gasteiger partial charge is 0.234 e. The molecule has 0 aliphatic rings. The third-order valence-corrected chi connectivity index (χ3v) is 3.59. The van der Waals surface area contributed by atoms with E-state index in [9.17, 15) is 9.18 Å². The van der Waals surface area contributed by atoms with Gasteiger partial charge in [0.2, 0.25) is 17.8 Å². The van der Waals surface area contributed by atoms with E-state index in [1.165, 1.54) is 30.0 Å². The van der Waals surface area contributed by atoms with Crippen LogP contribution in [0, 0.1) is 5.82 Å². The number of nitrogens with zero attached hydrogens (tertiary/aromatic N) is 4. The first-order chi connectivity index (χ1) is 10.9. The standard InChI is InChI=1S/C14H17FN6OS/c1-21(2)14-19-11(18-13(16)20-14)7-23-8-12(22)17-10-5-3-4-9(15)6-10/h3-6H,7-8H2,1-2H3,(H,17,22)(H2,16,18,19,20). The zero-order chi connectivity index (χ0) is 16.8. The van der Waals surface area contributed by atoms with Crippen LogP contribution in [0.15, 0.2) is 24.3 Å². The van der Waals surface area contributed by atoms with Crippen molar-refractivity contribution >= 4 is 35.3 Å². The number of nitrogen functional groups attached to an aromatic ring is 1. The van der Waals surface area contributed by atoms with Gasteiger partial charge in [0.15, 0.2) is 0 Å². The highest BCUT2D eigenvalue weighted by Crippen LogP contribution is 2.14. The summed E-state index contributed by atoms with van der Waals surface area (Å²) in [6.45, 7) is 0. The summed E-state index contributed by atoms with van der Waals surface area (Å²) in [5.41, 5.74) is 6.06. The molecule has 2 rings (SSSR count). The minimum absolute atomic E-state index is 0.142. The monoisotopic (exact) mass is 336 g/mol. The molecule has 0 atom stereocenters. The molecule has 1 aromatic carbocycles. The number of hydrogen-bond donors (Lipinski definition) is 2. The predicted octanol–water partition coefficient (Wildman–Crippen LogP) is 1.53. The maximum atomic E-state index is 13.0. The molecule has 0 radical (unpaired) electrons. The van der Waals surface area contributed by atoms with Crippen molar-refractivity contribution in [2.45, 2.75) is 5.75 Å². The van der Waals surface area contributed by atoms with Gasteiger partial charge in [0.1, 0.15) is 11.6 Å². The van der Waals surface area contributed by atoms with Crippen molar-refractivity contribution in [3.05, 3.63) is 35.9 Å². The number of nitrogens with one attached hydrogen (secondary N) is 1. The van der Waals surface area contributed by atoms with Crippen molar-refractivity contribution in [3.8, 4) is 0 Å². The SMILES string of the molecule is CN(C)c1nc(N)nc(CSCC(=O)Nc2cccc(F)c2)n1. The maximum Gasteiger partial charge on any atom is 0.234 e. The number of carbonyl (C=O) groups is 1. The Labute approximate surface area is 137 Å². The number of nitrogens with two attached hydrogens (primary N) is 1. The summed E-state index contributed by atoms with van der Waals surface area (Å²) < 4.78 is 13.0. The molecule has 1 heterocycles. The van der Waals surface area contributed by atoms with Gasteiger partial charge in [-0.3, -0.25) is 4.79 Å². The number of carbonyl (C=O) groups excluding carboxylic acids is 1. The Morgan fingerprint density at radius 2 is 2.13 bits per heavy atom. The zero-order valence-corrected chi connectivity index (χ0v) is 13.6. The maximum absolute atomic E-state index is 13.0. The van der Waals surface area contributed by atoms with E-state index < -0.39 is 5.82 Å². The lowest BCUT2D eigenvalue weighted by Crippen LogP contribution is -2.16. The average Bonchev–Trinajstić information content (AvgIpc) is 2.46. The number of benzene rings is 1. The molecule has 0 aliphatic carbocycles. The molecule has 0 spiro atoms. The molecule has 0 unspecified atom stereocenters. The van der Waals surface area contributed by atoms with Crippen molar-refractivity contribution in [3.63, 3.8) is 0 Å². The topological polar surface area (TPSA) is 97.0 Å². The Morgan fingerprint density at radius 3 is 2.83 bits per heavy atom. The van der Waals surface area contributed by atoms with Crippen molar-refractivity contribution in [2.24, 2.45) is 0 Å². The second-order valence-electron chi connectivity index (χ2n) is 4.86. The fraction of sp³-hybridized carbons (Fsp3) is 0.286. The molecule has 7 nitrogen and oxygen atoms in total. The average molecular weight is 336 g/mol. The van der Waals surface area contributed by atoms with E-state index in [0.717, 1.165) is 0 Å². The number of hydrogen-bond acceptors (Lipinski definition) is 7. The molecule has 3 N–H and O–H groups in total. The van der Waals surface area contributed by atoms with Crippen LogP contribution in [-0.2, 0) is 10.5 Å². The summed E-state index contributed by atoms with van der Waals surface area (Å²) in [4.78, 5) is 25.8. The van der Waals surface area contributed by atoms with Gasteiger partial charge in [-0.25, -0.2) is 4.39 Å². The summed E-state index contributed by atoms with van der Waals surface area (Å²) >= 11 is 1.33. The Balaban J connectivity index is 1.86. The number of thioether (sulfide) groups is 1. The second kappa shape index (κ2) is 7.73. The Kier molecular flexibility index (Phi) is 5.69. The quantitative estimate of drug-likeness (QED) is 0.825. The summed E-state index contributed by atoms with van der Waals surface area (Å²) in [6, 6.07) is 5.74. The van der Waals surface area contributed by atoms with Gasteiger partial charge in [-0.05, 0) is 18.2 Å². The largest absolute Gasteiger partial charge is 0.368 e. The summed E-state index contributed by atoms with van der Waals surface area (Å²) in [5, 5.41) is 2.62. The van der Waals surface area contributed by atoms with Gasteiger partial charge in [-0.1, -0.05) is 6.07 Å². The number of halogens is 1. The molecule has 0 saturated heterocycles. The van der Waals surface area contributed by atoms with E-state index in [-0.39, 0.29) is 17.6 Å². The molecule has 122 valence electrons. The Morgan fingerprint density at radius 1 is 1.35 bits per heavy atom. The Bertz CT molecular complexity index is 697. The van der Waals surface area contributed by atoms with Gasteiger partial charge in [0.05, 0.1) is 11.5 Å². The van der Waals surface area contributed by atoms with E-state index in [1.807, 2.05) is 0 Å². The Hall–Kier alpha value is -2.42. The summed E-state index contributed by atoms with van der Waals surface area (Å²) in [6.07, 6.45) is 0. The highest BCUT2D eigenvalue weighted by atomic mass is 32.2. The van der Waals surface area contributed by atoms with Gasteiger partial charge in [0.25, 0.3) is 0 Å². The van der Waals surface area contributed by atoms with Crippen LogP contribution < -0.4 is 16.0 Å². The van der Waals surface area contributed by atoms with E-state index in [1.54, 1.807) is 25.1 Å². The molecular formula is C14H17FN6OS. The lowest BCUT2D eigenvalue weighted by Gasteiger charge is -2.11. The number of amides is 1. The first kappa shape index (κ1) is 16.9. The first-order valence-electron chi connectivity index (χ1n) is 6.75. The van der Waals surface area contributed by atoms with Crippen LogP contribution in [0.5, 0.6) is 0 Å². The molecule has 0 fully saturated rings.